The van der Waals surface area contributed by atoms with Gasteiger partial charge in [0.25, 0.3) is 0 Å². The number of carbonyl (C=O) groups is 1. The molecule has 3 heteroatoms. The number of ether oxygens (including phenoxy) is 1. The summed E-state index contributed by atoms with van der Waals surface area (Å²) in [5, 5.41) is 3.16. The van der Waals surface area contributed by atoms with Gasteiger partial charge in [0, 0.05) is 6.04 Å². The number of hydrogen-bond donors (Lipinski definition) is 1. The minimum absolute atomic E-state index is 0.213. The maximum Gasteiger partial charge on any atom is 0.319 e. The molecule has 0 fully saturated rings. The third-order valence-electron chi connectivity index (χ3n) is 2.33. The Kier molecular flexibility index (Phi) is 4.84. The highest BCUT2D eigenvalue weighted by atomic mass is 16.5. The second-order valence-electron chi connectivity index (χ2n) is 3.33. The van der Waals surface area contributed by atoms with Crippen LogP contribution in [0.2, 0.25) is 0 Å². The lowest BCUT2D eigenvalue weighted by molar-refractivity contribution is -0.139. The van der Waals surface area contributed by atoms with Gasteiger partial charge in [-0.15, -0.1) is 0 Å². The Morgan fingerprint density at radius 2 is 2.07 bits per heavy atom. The number of nitrogens with one attached hydrogen (secondary N) is 1. The van der Waals surface area contributed by atoms with Gasteiger partial charge in [-0.05, 0) is 12.0 Å². The lowest BCUT2D eigenvalue weighted by Crippen LogP contribution is -2.27. The number of hydrogen-bond acceptors (Lipinski definition) is 3. The van der Waals surface area contributed by atoms with E-state index >= 15 is 0 Å². The van der Waals surface area contributed by atoms with E-state index in [9.17, 15) is 4.79 Å². The van der Waals surface area contributed by atoms with Crippen LogP contribution in [0.15, 0.2) is 30.3 Å². The van der Waals surface area contributed by atoms with Crippen molar-refractivity contribution in [2.24, 2.45) is 0 Å². The van der Waals surface area contributed by atoms with Crippen LogP contribution < -0.4 is 5.32 Å². The zero-order valence-corrected chi connectivity index (χ0v) is 9.19. The second kappa shape index (κ2) is 6.19. The summed E-state index contributed by atoms with van der Waals surface area (Å²) in [6, 6.07) is 10.3. The first kappa shape index (κ1) is 11.7. The van der Waals surface area contributed by atoms with Crippen LogP contribution in [-0.2, 0) is 9.53 Å². The van der Waals surface area contributed by atoms with Crippen LogP contribution in [0.25, 0.3) is 0 Å². The van der Waals surface area contributed by atoms with Gasteiger partial charge in [-0.1, -0.05) is 37.3 Å². The van der Waals surface area contributed by atoms with E-state index < -0.39 is 0 Å². The van der Waals surface area contributed by atoms with E-state index in [1.807, 2.05) is 18.2 Å². The summed E-state index contributed by atoms with van der Waals surface area (Å²) in [6.45, 7) is 2.34. The van der Waals surface area contributed by atoms with Gasteiger partial charge in [0.2, 0.25) is 0 Å². The Hall–Kier alpha value is -1.35. The van der Waals surface area contributed by atoms with Crippen LogP contribution >= 0.6 is 0 Å². The number of benzene rings is 1. The molecule has 0 amide bonds. The summed E-state index contributed by atoms with van der Waals surface area (Å²) in [6.07, 6.45) is 0.945. The number of carbonyl (C=O) groups excluding carboxylic acids is 1. The molecule has 0 bridgehead atoms. The molecule has 0 spiro atoms. The zero-order valence-electron chi connectivity index (χ0n) is 9.19. The van der Waals surface area contributed by atoms with E-state index in [0.717, 1.165) is 6.42 Å². The van der Waals surface area contributed by atoms with E-state index in [2.05, 4.69) is 29.1 Å². The average molecular weight is 207 g/mol. The molecule has 1 atom stereocenters. The molecule has 0 aliphatic rings. The standard InChI is InChI=1S/C12H17NO2/c1-3-11(13-9-12(14)15-2)10-7-5-4-6-8-10/h4-8,11,13H,3,9H2,1-2H3. The van der Waals surface area contributed by atoms with Gasteiger partial charge in [-0.2, -0.15) is 0 Å². The van der Waals surface area contributed by atoms with Crippen LogP contribution in [0, 0.1) is 0 Å². The molecule has 82 valence electrons. The van der Waals surface area contributed by atoms with E-state index in [1.54, 1.807) is 0 Å². The summed E-state index contributed by atoms with van der Waals surface area (Å²) in [4.78, 5) is 11.0. The summed E-state index contributed by atoms with van der Waals surface area (Å²) in [5.74, 6) is -0.232. The third kappa shape index (κ3) is 3.72. The van der Waals surface area contributed by atoms with Crippen molar-refractivity contribution in [2.45, 2.75) is 19.4 Å². The molecule has 0 heterocycles. The lowest BCUT2D eigenvalue weighted by Gasteiger charge is -2.16. The number of rotatable bonds is 5. The van der Waals surface area contributed by atoms with Crippen molar-refractivity contribution in [3.05, 3.63) is 35.9 Å². The lowest BCUT2D eigenvalue weighted by atomic mass is 10.1. The molecule has 0 saturated heterocycles. The van der Waals surface area contributed by atoms with Crippen molar-refractivity contribution < 1.29 is 9.53 Å². The molecule has 1 unspecified atom stereocenters. The fraction of sp³-hybridized carbons (Fsp3) is 0.417. The average Bonchev–Trinajstić information content (AvgIpc) is 2.31. The van der Waals surface area contributed by atoms with Crippen LogP contribution in [-0.4, -0.2) is 19.6 Å². The van der Waals surface area contributed by atoms with E-state index in [1.165, 1.54) is 12.7 Å². The largest absolute Gasteiger partial charge is 0.468 e. The van der Waals surface area contributed by atoms with Crippen molar-refractivity contribution in [1.29, 1.82) is 0 Å². The number of methoxy groups -OCH3 is 1. The topological polar surface area (TPSA) is 38.3 Å². The Balaban J connectivity index is 2.53. The van der Waals surface area contributed by atoms with Gasteiger partial charge in [0.05, 0.1) is 13.7 Å². The van der Waals surface area contributed by atoms with Crippen LogP contribution in [0.5, 0.6) is 0 Å². The molecule has 1 N–H and O–H groups in total. The molecule has 0 aromatic heterocycles. The SMILES string of the molecule is CCC(NCC(=O)OC)c1ccccc1. The molecule has 0 aliphatic carbocycles. The van der Waals surface area contributed by atoms with E-state index in [-0.39, 0.29) is 18.6 Å². The molecule has 0 aliphatic heterocycles. The monoisotopic (exact) mass is 207 g/mol. The van der Waals surface area contributed by atoms with Crippen LogP contribution in [0.1, 0.15) is 24.9 Å². The molecular formula is C12H17NO2. The first-order valence-corrected chi connectivity index (χ1v) is 5.13. The van der Waals surface area contributed by atoms with Gasteiger partial charge < -0.3 is 10.1 Å². The maximum absolute atomic E-state index is 11.0. The summed E-state index contributed by atoms with van der Waals surface area (Å²) in [7, 11) is 1.40. The Morgan fingerprint density at radius 3 is 2.60 bits per heavy atom. The third-order valence-corrected chi connectivity index (χ3v) is 2.33. The molecule has 1 rings (SSSR count). The number of esters is 1. The quantitative estimate of drug-likeness (QED) is 0.749. The molecule has 0 radical (unpaired) electrons. The smallest absolute Gasteiger partial charge is 0.319 e. The van der Waals surface area contributed by atoms with Crippen LogP contribution in [0.4, 0.5) is 0 Å². The second-order valence-corrected chi connectivity index (χ2v) is 3.33. The van der Waals surface area contributed by atoms with Gasteiger partial charge in [0.15, 0.2) is 0 Å². The highest BCUT2D eigenvalue weighted by molar-refractivity contribution is 5.71. The molecule has 15 heavy (non-hydrogen) atoms. The van der Waals surface area contributed by atoms with Crippen molar-refractivity contribution in [1.82, 2.24) is 5.32 Å². The Labute approximate surface area is 90.4 Å². The Morgan fingerprint density at radius 1 is 1.40 bits per heavy atom. The van der Waals surface area contributed by atoms with Gasteiger partial charge >= 0.3 is 5.97 Å². The minimum atomic E-state index is -0.232. The highest BCUT2D eigenvalue weighted by Crippen LogP contribution is 2.15. The fourth-order valence-corrected chi connectivity index (χ4v) is 1.46. The highest BCUT2D eigenvalue weighted by Gasteiger charge is 2.09. The van der Waals surface area contributed by atoms with Gasteiger partial charge in [0.1, 0.15) is 0 Å². The van der Waals surface area contributed by atoms with Crippen molar-refractivity contribution >= 4 is 5.97 Å². The van der Waals surface area contributed by atoms with Crippen molar-refractivity contribution in [3.8, 4) is 0 Å². The minimum Gasteiger partial charge on any atom is -0.468 e. The van der Waals surface area contributed by atoms with Gasteiger partial charge in [-0.25, -0.2) is 0 Å². The predicted molar refractivity (Wildman–Crippen MR) is 59.5 cm³/mol. The van der Waals surface area contributed by atoms with E-state index in [4.69, 9.17) is 0 Å². The molecule has 0 saturated carbocycles. The maximum atomic E-state index is 11.0. The van der Waals surface area contributed by atoms with Crippen molar-refractivity contribution in [2.75, 3.05) is 13.7 Å². The Bertz CT molecular complexity index is 298. The molecule has 1 aromatic carbocycles. The first-order chi connectivity index (χ1) is 7.27. The van der Waals surface area contributed by atoms with Gasteiger partial charge in [-0.3, -0.25) is 4.79 Å². The molecule has 3 nitrogen and oxygen atoms in total. The van der Waals surface area contributed by atoms with Crippen LogP contribution in [0.3, 0.4) is 0 Å². The normalized spacial score (nSPS) is 12.1. The fourth-order valence-electron chi connectivity index (χ4n) is 1.46. The molecule has 1 aromatic rings. The summed E-state index contributed by atoms with van der Waals surface area (Å²) < 4.78 is 4.58. The predicted octanol–water partition coefficient (Wildman–Crippen LogP) is 1.90. The zero-order chi connectivity index (χ0) is 11.1. The first-order valence-electron chi connectivity index (χ1n) is 5.13. The van der Waals surface area contributed by atoms with Crippen molar-refractivity contribution in [3.63, 3.8) is 0 Å². The summed E-state index contributed by atoms with van der Waals surface area (Å²) >= 11 is 0. The summed E-state index contributed by atoms with van der Waals surface area (Å²) in [5.41, 5.74) is 1.20. The molecular weight excluding hydrogens is 190 g/mol. The van der Waals surface area contributed by atoms with E-state index in [0.29, 0.717) is 0 Å².